The number of hydrogen-bond donors (Lipinski definition) is 1. The van der Waals surface area contributed by atoms with E-state index in [-0.39, 0.29) is 0 Å². The number of benzene rings is 1. The Morgan fingerprint density at radius 1 is 1.24 bits per heavy atom. The summed E-state index contributed by atoms with van der Waals surface area (Å²) >= 11 is 0. The van der Waals surface area contributed by atoms with Gasteiger partial charge in [-0.25, -0.2) is 0 Å². The standard InChI is InChI=1S/C14H21NO2/c1-16-8-4-5-9-17-13-10-12-6-2-3-7-14(12)15-11-13/h2-3,6-7,13,15H,4-5,8-11H2,1H3. The van der Waals surface area contributed by atoms with E-state index in [9.17, 15) is 0 Å². The molecule has 1 atom stereocenters. The highest BCUT2D eigenvalue weighted by Crippen LogP contribution is 2.22. The topological polar surface area (TPSA) is 30.5 Å². The van der Waals surface area contributed by atoms with Crippen LogP contribution in [0, 0.1) is 0 Å². The first kappa shape index (κ1) is 12.4. The minimum atomic E-state index is 0.312. The number of ether oxygens (including phenoxy) is 2. The van der Waals surface area contributed by atoms with Crippen LogP contribution in [0.5, 0.6) is 0 Å². The molecule has 1 aliphatic heterocycles. The summed E-state index contributed by atoms with van der Waals surface area (Å²) in [4.78, 5) is 0. The van der Waals surface area contributed by atoms with Crippen LogP contribution >= 0.6 is 0 Å². The van der Waals surface area contributed by atoms with Gasteiger partial charge >= 0.3 is 0 Å². The maximum absolute atomic E-state index is 5.87. The highest BCUT2D eigenvalue weighted by molar-refractivity contribution is 5.53. The lowest BCUT2D eigenvalue weighted by atomic mass is 10.0. The third kappa shape index (κ3) is 3.72. The SMILES string of the molecule is COCCCCOC1CNc2ccccc2C1. The van der Waals surface area contributed by atoms with Crippen molar-refractivity contribution < 1.29 is 9.47 Å². The number of hydrogen-bond acceptors (Lipinski definition) is 3. The number of anilines is 1. The molecular formula is C14H21NO2. The van der Waals surface area contributed by atoms with E-state index in [1.165, 1.54) is 11.3 Å². The maximum atomic E-state index is 5.87. The molecule has 1 heterocycles. The Bertz CT molecular complexity index is 341. The molecule has 0 aromatic heterocycles. The molecule has 3 heteroatoms. The van der Waals surface area contributed by atoms with Gasteiger partial charge in [-0.2, -0.15) is 0 Å². The maximum Gasteiger partial charge on any atom is 0.0788 e. The highest BCUT2D eigenvalue weighted by atomic mass is 16.5. The molecule has 1 aromatic carbocycles. The van der Waals surface area contributed by atoms with E-state index in [0.29, 0.717) is 6.10 Å². The number of fused-ring (bicyclic) bond motifs is 1. The molecule has 1 aliphatic rings. The van der Waals surface area contributed by atoms with Crippen molar-refractivity contribution in [2.24, 2.45) is 0 Å². The van der Waals surface area contributed by atoms with Gasteiger partial charge in [0.15, 0.2) is 0 Å². The van der Waals surface area contributed by atoms with E-state index in [2.05, 4.69) is 29.6 Å². The van der Waals surface area contributed by atoms with Gasteiger partial charge < -0.3 is 14.8 Å². The van der Waals surface area contributed by atoms with Crippen molar-refractivity contribution in [2.45, 2.75) is 25.4 Å². The fraction of sp³-hybridized carbons (Fsp3) is 0.571. The zero-order valence-corrected chi connectivity index (χ0v) is 10.4. The summed E-state index contributed by atoms with van der Waals surface area (Å²) in [7, 11) is 1.74. The van der Waals surface area contributed by atoms with Crippen LogP contribution in [0.2, 0.25) is 0 Å². The molecule has 0 fully saturated rings. The molecule has 0 saturated heterocycles. The first-order chi connectivity index (χ1) is 8.40. The van der Waals surface area contributed by atoms with Crippen LogP contribution in [0.15, 0.2) is 24.3 Å². The Hall–Kier alpha value is -1.06. The first-order valence-corrected chi connectivity index (χ1v) is 6.32. The summed E-state index contributed by atoms with van der Waals surface area (Å²) in [6, 6.07) is 8.45. The molecule has 3 nitrogen and oxygen atoms in total. The smallest absolute Gasteiger partial charge is 0.0788 e. The molecule has 0 radical (unpaired) electrons. The lowest BCUT2D eigenvalue weighted by molar-refractivity contribution is 0.0539. The monoisotopic (exact) mass is 235 g/mol. The lowest BCUT2D eigenvalue weighted by Gasteiger charge is -2.26. The Balaban J connectivity index is 1.71. The second-order valence-electron chi connectivity index (χ2n) is 4.43. The van der Waals surface area contributed by atoms with Crippen molar-refractivity contribution in [1.29, 1.82) is 0 Å². The Morgan fingerprint density at radius 2 is 2.06 bits per heavy atom. The average molecular weight is 235 g/mol. The predicted molar refractivity (Wildman–Crippen MR) is 69.5 cm³/mol. The summed E-state index contributed by atoms with van der Waals surface area (Å²) in [5.41, 5.74) is 2.62. The Labute approximate surface area is 103 Å². The van der Waals surface area contributed by atoms with Gasteiger partial charge in [-0.3, -0.25) is 0 Å². The summed E-state index contributed by atoms with van der Waals surface area (Å²) < 4.78 is 10.9. The van der Waals surface area contributed by atoms with Crippen molar-refractivity contribution in [3.8, 4) is 0 Å². The van der Waals surface area contributed by atoms with Crippen LogP contribution in [-0.2, 0) is 15.9 Å². The third-order valence-electron chi connectivity index (χ3n) is 3.08. The Morgan fingerprint density at radius 3 is 2.94 bits per heavy atom. The van der Waals surface area contributed by atoms with Gasteiger partial charge in [-0.05, 0) is 24.5 Å². The molecule has 0 saturated carbocycles. The predicted octanol–water partition coefficient (Wildman–Crippen LogP) is 2.47. The van der Waals surface area contributed by atoms with Crippen LogP contribution in [0.25, 0.3) is 0 Å². The number of unbranched alkanes of at least 4 members (excludes halogenated alkanes) is 1. The van der Waals surface area contributed by atoms with Crippen molar-refractivity contribution in [1.82, 2.24) is 0 Å². The number of methoxy groups -OCH3 is 1. The van der Waals surface area contributed by atoms with Crippen molar-refractivity contribution in [3.05, 3.63) is 29.8 Å². The average Bonchev–Trinajstić information content (AvgIpc) is 2.38. The fourth-order valence-corrected chi connectivity index (χ4v) is 2.13. The number of rotatable bonds is 6. The van der Waals surface area contributed by atoms with Crippen LogP contribution in [0.3, 0.4) is 0 Å². The Kier molecular flexibility index (Phi) is 4.83. The van der Waals surface area contributed by atoms with Gasteiger partial charge in [0.25, 0.3) is 0 Å². The largest absolute Gasteiger partial charge is 0.385 e. The number of nitrogens with one attached hydrogen (secondary N) is 1. The molecule has 0 amide bonds. The molecule has 0 spiro atoms. The summed E-state index contributed by atoms with van der Waals surface area (Å²) in [5, 5.41) is 3.42. The van der Waals surface area contributed by atoms with E-state index in [4.69, 9.17) is 9.47 Å². The molecule has 1 unspecified atom stereocenters. The fourth-order valence-electron chi connectivity index (χ4n) is 2.13. The molecule has 17 heavy (non-hydrogen) atoms. The van der Waals surface area contributed by atoms with Gasteiger partial charge in [-0.1, -0.05) is 18.2 Å². The quantitative estimate of drug-likeness (QED) is 0.768. The molecule has 1 N–H and O–H groups in total. The van der Waals surface area contributed by atoms with E-state index in [0.717, 1.165) is 39.0 Å². The van der Waals surface area contributed by atoms with Crippen LogP contribution in [0.4, 0.5) is 5.69 Å². The number of para-hydroxylation sites is 1. The van der Waals surface area contributed by atoms with Crippen molar-refractivity contribution in [2.75, 3.05) is 32.2 Å². The second kappa shape index (κ2) is 6.62. The normalized spacial score (nSPS) is 18.5. The van der Waals surface area contributed by atoms with Gasteiger partial charge in [0.2, 0.25) is 0 Å². The van der Waals surface area contributed by atoms with Gasteiger partial charge in [0.05, 0.1) is 6.10 Å². The molecule has 0 bridgehead atoms. The highest BCUT2D eigenvalue weighted by Gasteiger charge is 2.17. The van der Waals surface area contributed by atoms with E-state index >= 15 is 0 Å². The van der Waals surface area contributed by atoms with E-state index in [1.807, 2.05) is 0 Å². The lowest BCUT2D eigenvalue weighted by Crippen LogP contribution is -2.30. The van der Waals surface area contributed by atoms with Gasteiger partial charge in [0.1, 0.15) is 0 Å². The summed E-state index contributed by atoms with van der Waals surface area (Å²) in [6.45, 7) is 2.58. The van der Waals surface area contributed by atoms with Crippen LogP contribution < -0.4 is 5.32 Å². The summed E-state index contributed by atoms with van der Waals surface area (Å²) in [5.74, 6) is 0. The molecule has 1 aromatic rings. The zero-order valence-electron chi connectivity index (χ0n) is 10.4. The van der Waals surface area contributed by atoms with Gasteiger partial charge in [0, 0.05) is 39.0 Å². The molecular weight excluding hydrogens is 214 g/mol. The molecule has 0 aliphatic carbocycles. The van der Waals surface area contributed by atoms with E-state index < -0.39 is 0 Å². The molecule has 2 rings (SSSR count). The third-order valence-corrected chi connectivity index (χ3v) is 3.08. The molecule has 94 valence electrons. The first-order valence-electron chi connectivity index (χ1n) is 6.32. The minimum Gasteiger partial charge on any atom is -0.385 e. The van der Waals surface area contributed by atoms with Crippen LogP contribution in [0.1, 0.15) is 18.4 Å². The summed E-state index contributed by atoms with van der Waals surface area (Å²) in [6.07, 6.45) is 3.49. The van der Waals surface area contributed by atoms with Crippen LogP contribution in [-0.4, -0.2) is 33.0 Å². The van der Waals surface area contributed by atoms with Gasteiger partial charge in [-0.15, -0.1) is 0 Å². The zero-order chi connectivity index (χ0) is 11.9. The second-order valence-corrected chi connectivity index (χ2v) is 4.43. The van der Waals surface area contributed by atoms with Crippen molar-refractivity contribution >= 4 is 5.69 Å². The van der Waals surface area contributed by atoms with Crippen molar-refractivity contribution in [3.63, 3.8) is 0 Å². The minimum absolute atomic E-state index is 0.312. The van der Waals surface area contributed by atoms with E-state index in [1.54, 1.807) is 7.11 Å².